The standard InChI is InChI=1S/C13H22OS/c14-13(10-4-1-2-5-10)8-11-6-3-7-12(9-13)15-11/h10-12,14H,1-9H2. The summed E-state index contributed by atoms with van der Waals surface area (Å²) in [4.78, 5) is 0. The molecule has 2 atom stereocenters. The van der Waals surface area contributed by atoms with E-state index >= 15 is 0 Å². The van der Waals surface area contributed by atoms with Gasteiger partial charge in [-0.1, -0.05) is 19.3 Å². The molecule has 1 saturated carbocycles. The quantitative estimate of drug-likeness (QED) is 0.740. The fourth-order valence-electron chi connectivity index (χ4n) is 3.95. The van der Waals surface area contributed by atoms with Crippen LogP contribution >= 0.6 is 11.8 Å². The minimum absolute atomic E-state index is 0.266. The smallest absolute Gasteiger partial charge is 0.0696 e. The summed E-state index contributed by atoms with van der Waals surface area (Å²) in [6.45, 7) is 0. The molecule has 2 aliphatic heterocycles. The topological polar surface area (TPSA) is 20.2 Å². The Labute approximate surface area is 97.0 Å². The van der Waals surface area contributed by atoms with E-state index in [1.807, 2.05) is 0 Å². The first-order valence-electron chi connectivity index (χ1n) is 6.64. The van der Waals surface area contributed by atoms with E-state index in [1.165, 1.54) is 44.9 Å². The Bertz CT molecular complexity index is 223. The molecule has 2 bridgehead atoms. The molecule has 2 unspecified atom stereocenters. The van der Waals surface area contributed by atoms with Crippen molar-refractivity contribution in [3.63, 3.8) is 0 Å². The van der Waals surface area contributed by atoms with Crippen LogP contribution in [0.4, 0.5) is 0 Å². The van der Waals surface area contributed by atoms with Gasteiger partial charge in [-0.15, -0.1) is 0 Å². The Morgan fingerprint density at radius 3 is 2.07 bits per heavy atom. The van der Waals surface area contributed by atoms with Gasteiger partial charge in [0.25, 0.3) is 0 Å². The van der Waals surface area contributed by atoms with Crippen LogP contribution in [0.5, 0.6) is 0 Å². The maximum atomic E-state index is 10.9. The highest BCUT2D eigenvalue weighted by molar-refractivity contribution is 8.00. The lowest BCUT2D eigenvalue weighted by molar-refractivity contribution is -0.0394. The molecule has 0 amide bonds. The van der Waals surface area contributed by atoms with Crippen LogP contribution in [0.3, 0.4) is 0 Å². The first-order valence-corrected chi connectivity index (χ1v) is 7.58. The molecule has 0 aromatic rings. The highest BCUT2D eigenvalue weighted by Gasteiger charge is 2.46. The lowest BCUT2D eigenvalue weighted by Gasteiger charge is -2.46. The van der Waals surface area contributed by atoms with Crippen LogP contribution in [0.2, 0.25) is 0 Å². The van der Waals surface area contributed by atoms with Crippen LogP contribution in [0, 0.1) is 5.92 Å². The molecule has 3 fully saturated rings. The second kappa shape index (κ2) is 3.96. The summed E-state index contributed by atoms with van der Waals surface area (Å²) < 4.78 is 0. The first-order chi connectivity index (χ1) is 7.26. The first kappa shape index (κ1) is 10.5. The van der Waals surface area contributed by atoms with E-state index in [4.69, 9.17) is 0 Å². The van der Waals surface area contributed by atoms with Gasteiger partial charge in [-0.05, 0) is 44.4 Å². The van der Waals surface area contributed by atoms with Crippen molar-refractivity contribution in [2.24, 2.45) is 5.92 Å². The van der Waals surface area contributed by atoms with Crippen molar-refractivity contribution in [2.45, 2.75) is 73.9 Å². The molecule has 2 heteroatoms. The van der Waals surface area contributed by atoms with E-state index in [9.17, 15) is 5.11 Å². The Hall–Kier alpha value is 0.310. The van der Waals surface area contributed by atoms with Gasteiger partial charge in [0.15, 0.2) is 0 Å². The van der Waals surface area contributed by atoms with Crippen LogP contribution in [-0.2, 0) is 0 Å². The zero-order valence-corrected chi connectivity index (χ0v) is 10.3. The molecule has 0 radical (unpaired) electrons. The van der Waals surface area contributed by atoms with Crippen molar-refractivity contribution in [1.82, 2.24) is 0 Å². The Kier molecular flexibility index (Phi) is 2.76. The highest BCUT2D eigenvalue weighted by atomic mass is 32.2. The van der Waals surface area contributed by atoms with Crippen LogP contribution < -0.4 is 0 Å². The fraction of sp³-hybridized carbons (Fsp3) is 1.00. The SMILES string of the molecule is OC1(C2CCCC2)CC2CCCC(C1)S2. The molecular formula is C13H22OS. The fourth-order valence-corrected chi connectivity index (χ4v) is 5.87. The van der Waals surface area contributed by atoms with Crippen LogP contribution in [0.15, 0.2) is 0 Å². The number of thioether (sulfide) groups is 1. The molecule has 0 aromatic heterocycles. The number of hydrogen-bond acceptors (Lipinski definition) is 2. The minimum atomic E-state index is -0.266. The number of fused-ring (bicyclic) bond motifs is 2. The summed E-state index contributed by atoms with van der Waals surface area (Å²) in [7, 11) is 0. The monoisotopic (exact) mass is 226 g/mol. The predicted octanol–water partition coefficient (Wildman–Crippen LogP) is 3.36. The van der Waals surface area contributed by atoms with Crippen molar-refractivity contribution in [2.75, 3.05) is 0 Å². The van der Waals surface area contributed by atoms with Crippen molar-refractivity contribution in [1.29, 1.82) is 0 Å². The van der Waals surface area contributed by atoms with Crippen LogP contribution in [0.25, 0.3) is 0 Å². The van der Waals surface area contributed by atoms with E-state index in [-0.39, 0.29) is 5.60 Å². The molecule has 2 saturated heterocycles. The number of rotatable bonds is 1. The van der Waals surface area contributed by atoms with Crippen molar-refractivity contribution < 1.29 is 5.11 Å². The highest BCUT2D eigenvalue weighted by Crippen LogP contribution is 2.50. The van der Waals surface area contributed by atoms with Gasteiger partial charge in [0.1, 0.15) is 0 Å². The average molecular weight is 226 g/mol. The molecule has 3 rings (SSSR count). The van der Waals surface area contributed by atoms with E-state index in [0.29, 0.717) is 5.92 Å². The zero-order chi connectivity index (χ0) is 10.3. The van der Waals surface area contributed by atoms with Gasteiger partial charge >= 0.3 is 0 Å². The molecule has 0 aromatic carbocycles. The lowest BCUT2D eigenvalue weighted by Crippen LogP contribution is -2.47. The van der Waals surface area contributed by atoms with E-state index in [0.717, 1.165) is 23.3 Å². The number of hydrogen-bond donors (Lipinski definition) is 1. The van der Waals surface area contributed by atoms with Crippen LogP contribution in [0.1, 0.15) is 57.8 Å². The molecule has 1 nitrogen and oxygen atoms in total. The summed E-state index contributed by atoms with van der Waals surface area (Å²) in [5, 5.41) is 12.4. The van der Waals surface area contributed by atoms with Gasteiger partial charge in [-0.3, -0.25) is 0 Å². The Morgan fingerprint density at radius 2 is 1.47 bits per heavy atom. The zero-order valence-electron chi connectivity index (χ0n) is 9.45. The summed E-state index contributed by atoms with van der Waals surface area (Å²) >= 11 is 2.17. The summed E-state index contributed by atoms with van der Waals surface area (Å²) in [6.07, 6.45) is 11.6. The Morgan fingerprint density at radius 1 is 0.867 bits per heavy atom. The van der Waals surface area contributed by atoms with Gasteiger partial charge in [0, 0.05) is 10.5 Å². The third-order valence-electron chi connectivity index (χ3n) is 4.71. The third kappa shape index (κ3) is 1.95. The summed E-state index contributed by atoms with van der Waals surface area (Å²) in [6, 6.07) is 0. The molecule has 3 aliphatic rings. The van der Waals surface area contributed by atoms with Crippen molar-refractivity contribution in [3.05, 3.63) is 0 Å². The largest absolute Gasteiger partial charge is 0.390 e. The van der Waals surface area contributed by atoms with Crippen molar-refractivity contribution in [3.8, 4) is 0 Å². The maximum Gasteiger partial charge on any atom is 0.0696 e. The van der Waals surface area contributed by atoms with Crippen LogP contribution in [-0.4, -0.2) is 21.2 Å². The molecule has 2 heterocycles. The van der Waals surface area contributed by atoms with E-state index < -0.39 is 0 Å². The molecule has 1 N–H and O–H groups in total. The average Bonchev–Trinajstić information content (AvgIpc) is 2.69. The van der Waals surface area contributed by atoms with Gasteiger partial charge in [0.05, 0.1) is 5.60 Å². The predicted molar refractivity (Wildman–Crippen MR) is 65.2 cm³/mol. The molecular weight excluding hydrogens is 204 g/mol. The normalized spacial score (nSPS) is 47.0. The molecule has 1 aliphatic carbocycles. The minimum Gasteiger partial charge on any atom is -0.390 e. The second-order valence-electron chi connectivity index (χ2n) is 5.80. The Balaban J connectivity index is 1.74. The summed E-state index contributed by atoms with van der Waals surface area (Å²) in [5.41, 5.74) is -0.266. The second-order valence-corrected chi connectivity index (χ2v) is 7.41. The van der Waals surface area contributed by atoms with Gasteiger partial charge in [-0.25, -0.2) is 0 Å². The lowest BCUT2D eigenvalue weighted by atomic mass is 9.76. The van der Waals surface area contributed by atoms with Gasteiger partial charge in [0.2, 0.25) is 0 Å². The third-order valence-corrected chi connectivity index (χ3v) is 6.29. The van der Waals surface area contributed by atoms with Crippen molar-refractivity contribution >= 4 is 11.8 Å². The summed E-state index contributed by atoms with van der Waals surface area (Å²) in [5.74, 6) is 0.640. The maximum absolute atomic E-state index is 10.9. The van der Waals surface area contributed by atoms with E-state index in [2.05, 4.69) is 11.8 Å². The molecule has 15 heavy (non-hydrogen) atoms. The van der Waals surface area contributed by atoms with Gasteiger partial charge < -0.3 is 5.11 Å². The molecule has 0 spiro atoms. The van der Waals surface area contributed by atoms with Gasteiger partial charge in [-0.2, -0.15) is 11.8 Å². The number of aliphatic hydroxyl groups is 1. The van der Waals surface area contributed by atoms with E-state index in [1.54, 1.807) is 0 Å². The molecule has 86 valence electrons.